The van der Waals surface area contributed by atoms with E-state index in [0.717, 1.165) is 23.4 Å². The summed E-state index contributed by atoms with van der Waals surface area (Å²) in [5.41, 5.74) is 1.28. The maximum Gasteiger partial charge on any atom is 0.272 e. The maximum atomic E-state index is 12.2. The first kappa shape index (κ1) is 20.7. The number of hydrogen-bond acceptors (Lipinski definition) is 9. The summed E-state index contributed by atoms with van der Waals surface area (Å²) in [4.78, 5) is 26.4. The van der Waals surface area contributed by atoms with Crippen molar-refractivity contribution < 1.29 is 9.32 Å². The summed E-state index contributed by atoms with van der Waals surface area (Å²) in [6.45, 7) is 0. The number of thioether (sulfide) groups is 2. The van der Waals surface area contributed by atoms with Crippen LogP contribution in [0.1, 0.15) is 29.2 Å². The highest BCUT2D eigenvalue weighted by molar-refractivity contribution is 7.98. The zero-order valence-corrected chi connectivity index (χ0v) is 18.8. The molecule has 162 valence electrons. The second kappa shape index (κ2) is 9.13. The molecular formula is C21H19N7O2S2. The summed E-state index contributed by atoms with van der Waals surface area (Å²) < 4.78 is 6.95. The van der Waals surface area contributed by atoms with Gasteiger partial charge < -0.3 is 9.84 Å². The Kier molecular flexibility index (Phi) is 5.91. The van der Waals surface area contributed by atoms with Gasteiger partial charge in [0.1, 0.15) is 11.4 Å². The molecular weight excluding hydrogens is 446 g/mol. The number of aromatic nitrogens is 6. The standard InChI is InChI=1S/C21H19N7O2S2/c1-31-15-6-2-13(3-7-15)20-25-18(30-27-20)11-32-19-10-17(22-12-23-19)28-9-8-16(26-28)21(29)24-14-4-5-14/h2-3,6-10,12,14H,4-5,11H2,1H3,(H,24,29). The maximum absolute atomic E-state index is 12.2. The predicted molar refractivity (Wildman–Crippen MR) is 121 cm³/mol. The molecule has 1 N–H and O–H groups in total. The average molecular weight is 466 g/mol. The van der Waals surface area contributed by atoms with Crippen molar-refractivity contribution in [1.82, 2.24) is 35.2 Å². The van der Waals surface area contributed by atoms with Crippen LogP contribution in [0.15, 0.2) is 63.4 Å². The Labute approximate surface area is 192 Å². The van der Waals surface area contributed by atoms with E-state index >= 15 is 0 Å². The number of carbonyl (C=O) groups is 1. The summed E-state index contributed by atoms with van der Waals surface area (Å²) >= 11 is 3.14. The minimum absolute atomic E-state index is 0.162. The average Bonchev–Trinajstić information content (AvgIpc) is 3.30. The molecule has 0 bridgehead atoms. The fourth-order valence-corrected chi connectivity index (χ4v) is 4.01. The molecule has 0 saturated heterocycles. The molecule has 1 amide bonds. The lowest BCUT2D eigenvalue weighted by molar-refractivity contribution is 0.0945. The van der Waals surface area contributed by atoms with E-state index in [1.165, 1.54) is 23.0 Å². The number of benzene rings is 1. The zero-order valence-electron chi connectivity index (χ0n) is 17.1. The fourth-order valence-electron chi connectivity index (χ4n) is 2.90. The van der Waals surface area contributed by atoms with Crippen LogP contribution in [0.4, 0.5) is 0 Å². The molecule has 5 rings (SSSR count). The van der Waals surface area contributed by atoms with E-state index in [-0.39, 0.29) is 11.9 Å². The number of rotatable bonds is 8. The molecule has 1 saturated carbocycles. The van der Waals surface area contributed by atoms with E-state index in [2.05, 4.69) is 30.5 Å². The van der Waals surface area contributed by atoms with Crippen molar-refractivity contribution in [2.75, 3.05) is 6.26 Å². The number of carbonyl (C=O) groups excluding carboxylic acids is 1. The monoisotopic (exact) mass is 465 g/mol. The third kappa shape index (κ3) is 4.83. The lowest BCUT2D eigenvalue weighted by Gasteiger charge is -2.03. The van der Waals surface area contributed by atoms with Gasteiger partial charge in [-0.05, 0) is 49.4 Å². The lowest BCUT2D eigenvalue weighted by Crippen LogP contribution is -2.25. The Hall–Kier alpha value is -3.18. The third-order valence-corrected chi connectivity index (χ3v) is 6.41. The first-order chi connectivity index (χ1) is 15.7. The molecule has 3 heterocycles. The van der Waals surface area contributed by atoms with Crippen LogP contribution in [-0.2, 0) is 5.75 Å². The highest BCUT2D eigenvalue weighted by Gasteiger charge is 2.24. The minimum atomic E-state index is -0.162. The van der Waals surface area contributed by atoms with Gasteiger partial charge in [-0.15, -0.1) is 11.8 Å². The fraction of sp³-hybridized carbons (Fsp3) is 0.238. The molecule has 0 radical (unpaired) electrons. The summed E-state index contributed by atoms with van der Waals surface area (Å²) in [5, 5.41) is 12.1. The van der Waals surface area contributed by atoms with Gasteiger partial charge in [-0.3, -0.25) is 4.79 Å². The molecule has 1 aliphatic rings. The third-order valence-electron chi connectivity index (χ3n) is 4.76. The van der Waals surface area contributed by atoms with Crippen molar-refractivity contribution in [3.05, 3.63) is 60.5 Å². The molecule has 1 fully saturated rings. The van der Waals surface area contributed by atoms with Crippen molar-refractivity contribution in [2.45, 2.75) is 34.6 Å². The van der Waals surface area contributed by atoms with E-state index in [1.807, 2.05) is 30.5 Å². The summed E-state index contributed by atoms with van der Waals surface area (Å²) in [5.74, 6) is 1.96. The number of nitrogens with zero attached hydrogens (tertiary/aromatic N) is 6. The molecule has 32 heavy (non-hydrogen) atoms. The van der Waals surface area contributed by atoms with E-state index in [0.29, 0.717) is 29.0 Å². The largest absolute Gasteiger partial charge is 0.348 e. The van der Waals surface area contributed by atoms with E-state index in [1.54, 1.807) is 34.8 Å². The van der Waals surface area contributed by atoms with E-state index in [9.17, 15) is 4.79 Å². The van der Waals surface area contributed by atoms with Crippen LogP contribution in [0.25, 0.3) is 17.2 Å². The molecule has 0 spiro atoms. The van der Waals surface area contributed by atoms with Gasteiger partial charge in [0, 0.05) is 28.8 Å². The second-order valence-corrected chi connectivity index (χ2v) is 9.01. The van der Waals surface area contributed by atoms with Crippen LogP contribution in [0.5, 0.6) is 0 Å². The Balaban J connectivity index is 1.23. The van der Waals surface area contributed by atoms with E-state index < -0.39 is 0 Å². The van der Waals surface area contributed by atoms with Crippen LogP contribution in [-0.4, -0.2) is 48.1 Å². The Morgan fingerprint density at radius 2 is 2.06 bits per heavy atom. The van der Waals surface area contributed by atoms with Gasteiger partial charge >= 0.3 is 0 Å². The molecule has 3 aromatic heterocycles. The molecule has 0 aliphatic heterocycles. The van der Waals surface area contributed by atoms with Crippen LogP contribution in [0.2, 0.25) is 0 Å². The lowest BCUT2D eigenvalue weighted by atomic mass is 10.2. The summed E-state index contributed by atoms with van der Waals surface area (Å²) in [6.07, 6.45) is 7.28. The first-order valence-corrected chi connectivity index (χ1v) is 12.2. The SMILES string of the molecule is CSc1ccc(-c2noc(CSc3cc(-n4ccc(C(=O)NC5CC5)n4)ncn3)n2)cc1. The first-order valence-electron chi connectivity index (χ1n) is 9.97. The highest BCUT2D eigenvalue weighted by Crippen LogP contribution is 2.24. The number of nitrogens with one attached hydrogen (secondary N) is 1. The molecule has 0 unspecified atom stereocenters. The molecule has 4 aromatic rings. The quantitative estimate of drug-likeness (QED) is 0.308. The number of hydrogen-bond donors (Lipinski definition) is 1. The Morgan fingerprint density at radius 1 is 1.22 bits per heavy atom. The van der Waals surface area contributed by atoms with Crippen molar-refractivity contribution in [1.29, 1.82) is 0 Å². The Bertz CT molecular complexity index is 1230. The van der Waals surface area contributed by atoms with Gasteiger partial charge in [-0.1, -0.05) is 16.9 Å². The summed E-state index contributed by atoms with van der Waals surface area (Å²) in [6, 6.07) is 11.8. The van der Waals surface area contributed by atoms with Crippen LogP contribution < -0.4 is 5.32 Å². The molecule has 1 aromatic carbocycles. The summed E-state index contributed by atoms with van der Waals surface area (Å²) in [7, 11) is 0. The van der Waals surface area contributed by atoms with Gasteiger partial charge in [-0.25, -0.2) is 14.6 Å². The van der Waals surface area contributed by atoms with Crippen molar-refractivity contribution in [3.8, 4) is 17.2 Å². The molecule has 1 aliphatic carbocycles. The van der Waals surface area contributed by atoms with E-state index in [4.69, 9.17) is 4.52 Å². The van der Waals surface area contributed by atoms with Gasteiger partial charge in [-0.2, -0.15) is 10.1 Å². The predicted octanol–water partition coefficient (Wildman–Crippen LogP) is 3.62. The van der Waals surface area contributed by atoms with Gasteiger partial charge in [0.25, 0.3) is 5.91 Å². The highest BCUT2D eigenvalue weighted by atomic mass is 32.2. The van der Waals surface area contributed by atoms with Crippen molar-refractivity contribution >= 4 is 29.4 Å². The van der Waals surface area contributed by atoms with Crippen molar-refractivity contribution in [2.24, 2.45) is 0 Å². The van der Waals surface area contributed by atoms with Crippen LogP contribution in [0, 0.1) is 0 Å². The smallest absolute Gasteiger partial charge is 0.272 e. The van der Waals surface area contributed by atoms with Gasteiger partial charge in [0.2, 0.25) is 11.7 Å². The van der Waals surface area contributed by atoms with Crippen LogP contribution >= 0.6 is 23.5 Å². The molecule has 11 heteroatoms. The minimum Gasteiger partial charge on any atom is -0.348 e. The molecule has 9 nitrogen and oxygen atoms in total. The van der Waals surface area contributed by atoms with Crippen molar-refractivity contribution in [3.63, 3.8) is 0 Å². The van der Waals surface area contributed by atoms with Gasteiger partial charge in [0.05, 0.1) is 5.75 Å². The topological polar surface area (TPSA) is 112 Å². The Morgan fingerprint density at radius 3 is 2.84 bits per heavy atom. The number of amides is 1. The molecule has 0 atom stereocenters. The van der Waals surface area contributed by atoms with Crippen LogP contribution in [0.3, 0.4) is 0 Å². The normalized spacial score (nSPS) is 13.3. The zero-order chi connectivity index (χ0) is 21.9. The second-order valence-electron chi connectivity index (χ2n) is 7.14. The van der Waals surface area contributed by atoms with Gasteiger partial charge in [0.15, 0.2) is 11.5 Å².